The van der Waals surface area contributed by atoms with Crippen LogP contribution < -0.4 is 5.32 Å². The van der Waals surface area contributed by atoms with Crippen LogP contribution in [0.25, 0.3) is 0 Å². The SMILES string of the molecule is C=C(NC(=O)C1=C(C)CCCC1)N1CCC(CC)(c2c(C)cc(Cl)cc2Cl)CC1. The number of aryl methyl sites for hydroxylation is 1. The number of likely N-dealkylation sites (tertiary alicyclic amines) is 1. The number of rotatable bonds is 5. The van der Waals surface area contributed by atoms with Crippen LogP contribution in [0.5, 0.6) is 0 Å². The van der Waals surface area contributed by atoms with Crippen molar-refractivity contribution in [3.8, 4) is 0 Å². The van der Waals surface area contributed by atoms with Crippen molar-refractivity contribution < 1.29 is 4.79 Å². The molecule has 1 fully saturated rings. The van der Waals surface area contributed by atoms with Gasteiger partial charge in [-0.05, 0) is 82.1 Å². The second-order valence-electron chi connectivity index (χ2n) is 8.57. The number of piperidine rings is 1. The van der Waals surface area contributed by atoms with Crippen LogP contribution in [0, 0.1) is 6.92 Å². The van der Waals surface area contributed by atoms with E-state index in [1.54, 1.807) is 0 Å². The summed E-state index contributed by atoms with van der Waals surface area (Å²) in [6.45, 7) is 12.3. The second kappa shape index (κ2) is 9.14. The van der Waals surface area contributed by atoms with E-state index in [0.29, 0.717) is 10.8 Å². The number of carbonyl (C=O) groups excluding carboxylic acids is 1. The van der Waals surface area contributed by atoms with E-state index < -0.39 is 0 Å². The maximum Gasteiger partial charge on any atom is 0.252 e. The largest absolute Gasteiger partial charge is 0.359 e. The van der Waals surface area contributed by atoms with Crippen LogP contribution in [0.15, 0.2) is 35.7 Å². The standard InChI is InChI=1S/C24H32Cl2N2O/c1-5-24(22-17(3)14-19(25)15-21(22)26)10-12-28(13-11-24)18(4)27-23(29)20-9-7-6-8-16(20)2/h14-15H,4-13H2,1-3H3,(H,27,29). The summed E-state index contributed by atoms with van der Waals surface area (Å²) < 4.78 is 0. The minimum Gasteiger partial charge on any atom is -0.359 e. The Morgan fingerprint density at radius 3 is 2.41 bits per heavy atom. The zero-order valence-electron chi connectivity index (χ0n) is 17.8. The van der Waals surface area contributed by atoms with Crippen molar-refractivity contribution in [3.05, 3.63) is 56.9 Å². The lowest BCUT2D eigenvalue weighted by Gasteiger charge is -2.44. The van der Waals surface area contributed by atoms with Gasteiger partial charge in [0.05, 0.1) is 0 Å². The maximum atomic E-state index is 12.7. The highest BCUT2D eigenvalue weighted by atomic mass is 35.5. The van der Waals surface area contributed by atoms with Crippen molar-refractivity contribution in [2.45, 2.75) is 71.1 Å². The molecule has 3 rings (SSSR count). The maximum absolute atomic E-state index is 12.7. The third-order valence-electron chi connectivity index (χ3n) is 6.84. The molecule has 1 amide bonds. The smallest absolute Gasteiger partial charge is 0.252 e. The van der Waals surface area contributed by atoms with E-state index >= 15 is 0 Å². The van der Waals surface area contributed by atoms with E-state index in [2.05, 4.69) is 37.6 Å². The van der Waals surface area contributed by atoms with Crippen LogP contribution in [-0.4, -0.2) is 23.9 Å². The fourth-order valence-electron chi connectivity index (χ4n) is 5.01. The van der Waals surface area contributed by atoms with E-state index in [9.17, 15) is 4.79 Å². The number of allylic oxidation sites excluding steroid dienone is 1. The van der Waals surface area contributed by atoms with Crippen LogP contribution >= 0.6 is 23.2 Å². The number of hydrogen-bond acceptors (Lipinski definition) is 2. The molecule has 0 atom stereocenters. The molecule has 1 aliphatic carbocycles. The third-order valence-corrected chi connectivity index (χ3v) is 7.35. The summed E-state index contributed by atoms with van der Waals surface area (Å²) in [6.07, 6.45) is 7.15. The molecule has 0 saturated carbocycles. The average molecular weight is 435 g/mol. The molecule has 158 valence electrons. The Morgan fingerprint density at radius 2 is 1.83 bits per heavy atom. The van der Waals surface area contributed by atoms with E-state index in [1.807, 2.05) is 12.1 Å². The molecule has 3 nitrogen and oxygen atoms in total. The van der Waals surface area contributed by atoms with Crippen molar-refractivity contribution in [2.75, 3.05) is 13.1 Å². The molecule has 2 aliphatic rings. The fourth-order valence-corrected chi connectivity index (χ4v) is 5.80. The first kappa shape index (κ1) is 22.2. The first-order valence-electron chi connectivity index (χ1n) is 10.7. The molecule has 0 spiro atoms. The lowest BCUT2D eigenvalue weighted by atomic mass is 9.69. The fraction of sp³-hybridized carbons (Fsp3) is 0.542. The molecular weight excluding hydrogens is 403 g/mol. The topological polar surface area (TPSA) is 32.3 Å². The Hall–Kier alpha value is -1.45. The number of carbonyl (C=O) groups is 1. The Balaban J connectivity index is 1.69. The first-order chi connectivity index (χ1) is 13.8. The molecule has 0 aromatic heterocycles. The van der Waals surface area contributed by atoms with Gasteiger partial charge in [-0.1, -0.05) is 42.3 Å². The number of nitrogens with zero attached hydrogens (tertiary/aromatic N) is 1. The zero-order valence-corrected chi connectivity index (χ0v) is 19.3. The van der Waals surface area contributed by atoms with Gasteiger partial charge in [-0.25, -0.2) is 0 Å². The summed E-state index contributed by atoms with van der Waals surface area (Å²) in [5, 5.41) is 4.50. The molecule has 0 radical (unpaired) electrons. The highest BCUT2D eigenvalue weighted by Crippen LogP contribution is 2.44. The molecule has 1 aliphatic heterocycles. The van der Waals surface area contributed by atoms with E-state index in [1.165, 1.54) is 17.6 Å². The number of halogens is 2. The van der Waals surface area contributed by atoms with E-state index in [4.69, 9.17) is 23.2 Å². The lowest BCUT2D eigenvalue weighted by molar-refractivity contribution is -0.117. The zero-order chi connectivity index (χ0) is 21.2. The van der Waals surface area contributed by atoms with Gasteiger partial charge in [0.1, 0.15) is 5.82 Å². The molecule has 1 saturated heterocycles. The number of benzene rings is 1. The predicted octanol–water partition coefficient (Wildman–Crippen LogP) is 6.52. The molecule has 1 N–H and O–H groups in total. The molecule has 1 aromatic carbocycles. The number of amides is 1. The van der Waals surface area contributed by atoms with Gasteiger partial charge in [-0.15, -0.1) is 0 Å². The van der Waals surface area contributed by atoms with Crippen molar-refractivity contribution in [3.63, 3.8) is 0 Å². The van der Waals surface area contributed by atoms with Gasteiger partial charge >= 0.3 is 0 Å². The Morgan fingerprint density at radius 1 is 1.17 bits per heavy atom. The van der Waals surface area contributed by atoms with E-state index in [0.717, 1.165) is 67.8 Å². The summed E-state index contributed by atoms with van der Waals surface area (Å²) in [7, 11) is 0. The van der Waals surface area contributed by atoms with Gasteiger partial charge < -0.3 is 10.2 Å². The minimum atomic E-state index is 0.0242. The molecule has 0 unspecified atom stereocenters. The molecule has 1 aromatic rings. The number of nitrogens with one attached hydrogen (secondary N) is 1. The van der Waals surface area contributed by atoms with Crippen LogP contribution in [0.1, 0.15) is 69.9 Å². The van der Waals surface area contributed by atoms with Crippen molar-refractivity contribution in [1.82, 2.24) is 10.2 Å². The lowest BCUT2D eigenvalue weighted by Crippen LogP contribution is -2.45. The first-order valence-corrected chi connectivity index (χ1v) is 11.4. The Kier molecular flexibility index (Phi) is 7.01. The quantitative estimate of drug-likeness (QED) is 0.571. The Bertz CT molecular complexity index is 812. The highest BCUT2D eigenvalue weighted by Gasteiger charge is 2.37. The summed E-state index contributed by atoms with van der Waals surface area (Å²) in [6, 6.07) is 3.86. The summed E-state index contributed by atoms with van der Waals surface area (Å²) >= 11 is 12.8. The highest BCUT2D eigenvalue weighted by molar-refractivity contribution is 6.35. The van der Waals surface area contributed by atoms with Gasteiger partial charge in [0, 0.05) is 34.1 Å². The van der Waals surface area contributed by atoms with Gasteiger partial charge in [0.15, 0.2) is 0 Å². The van der Waals surface area contributed by atoms with Crippen molar-refractivity contribution in [1.29, 1.82) is 0 Å². The number of hydrogen-bond donors (Lipinski definition) is 1. The summed E-state index contributed by atoms with van der Waals surface area (Å²) in [5.41, 5.74) is 4.58. The molecule has 1 heterocycles. The van der Waals surface area contributed by atoms with Gasteiger partial charge in [-0.3, -0.25) is 4.79 Å². The van der Waals surface area contributed by atoms with Crippen LogP contribution in [0.2, 0.25) is 10.0 Å². The molecule has 29 heavy (non-hydrogen) atoms. The summed E-state index contributed by atoms with van der Waals surface area (Å²) in [5.74, 6) is 0.737. The second-order valence-corrected chi connectivity index (χ2v) is 9.41. The monoisotopic (exact) mass is 434 g/mol. The van der Waals surface area contributed by atoms with Crippen LogP contribution in [0.3, 0.4) is 0 Å². The Labute approximate surface area is 185 Å². The van der Waals surface area contributed by atoms with Crippen LogP contribution in [-0.2, 0) is 10.2 Å². The van der Waals surface area contributed by atoms with Gasteiger partial charge in [-0.2, -0.15) is 0 Å². The molecular formula is C24H32Cl2N2O. The minimum absolute atomic E-state index is 0.0242. The van der Waals surface area contributed by atoms with Crippen LogP contribution in [0.4, 0.5) is 0 Å². The van der Waals surface area contributed by atoms with Crippen molar-refractivity contribution in [2.24, 2.45) is 0 Å². The van der Waals surface area contributed by atoms with E-state index in [-0.39, 0.29) is 11.3 Å². The van der Waals surface area contributed by atoms with Crippen molar-refractivity contribution >= 4 is 29.1 Å². The predicted molar refractivity (Wildman–Crippen MR) is 122 cm³/mol. The van der Waals surface area contributed by atoms with Gasteiger partial charge in [0.25, 0.3) is 5.91 Å². The van der Waals surface area contributed by atoms with Gasteiger partial charge in [0.2, 0.25) is 0 Å². The summed E-state index contributed by atoms with van der Waals surface area (Å²) in [4.78, 5) is 14.9. The molecule has 0 bridgehead atoms. The average Bonchev–Trinajstić information content (AvgIpc) is 2.67. The normalized spacial score (nSPS) is 19.3. The molecule has 5 heteroatoms. The third kappa shape index (κ3) is 4.67.